The van der Waals surface area contributed by atoms with Gasteiger partial charge in [-0.25, -0.2) is 4.90 Å². The smallest absolute Gasteiger partial charge is 0.305 e. The molecule has 1 fully saturated rings. The van der Waals surface area contributed by atoms with Crippen LogP contribution in [0, 0.1) is 16.0 Å². The van der Waals surface area contributed by atoms with Gasteiger partial charge < -0.3 is 15.0 Å². The number of non-ortho nitro benzene ring substituents is 1. The van der Waals surface area contributed by atoms with Gasteiger partial charge in [0.2, 0.25) is 11.8 Å². The van der Waals surface area contributed by atoms with E-state index in [4.69, 9.17) is 4.74 Å². The van der Waals surface area contributed by atoms with Gasteiger partial charge in [0.05, 0.1) is 21.6 Å². The molecule has 3 atom stereocenters. The molecule has 41 heavy (non-hydrogen) atoms. The average molecular weight is 589 g/mol. The van der Waals surface area contributed by atoms with E-state index in [9.17, 15) is 29.3 Å². The number of carbonyl (C=O) groups is 3. The van der Waals surface area contributed by atoms with E-state index in [2.05, 4.69) is 10.3 Å². The highest BCUT2D eigenvalue weighted by molar-refractivity contribution is 8.00. The minimum Gasteiger partial charge on any atom is -0.483 e. The predicted octanol–water partition coefficient (Wildman–Crippen LogP) is 4.16. The average Bonchev–Trinajstić information content (AvgIpc) is 3.46. The molecule has 0 spiro atoms. The number of aromatic amines is 1. The summed E-state index contributed by atoms with van der Waals surface area (Å²) in [7, 11) is 0. The Morgan fingerprint density at radius 2 is 1.68 bits per heavy atom. The van der Waals surface area contributed by atoms with Crippen LogP contribution < -0.4 is 19.8 Å². The number of thiazole rings is 1. The van der Waals surface area contributed by atoms with Crippen molar-refractivity contribution in [2.45, 2.75) is 16.2 Å². The van der Waals surface area contributed by atoms with E-state index >= 15 is 0 Å². The molecule has 206 valence electrons. The van der Waals surface area contributed by atoms with Crippen molar-refractivity contribution in [3.8, 4) is 5.75 Å². The van der Waals surface area contributed by atoms with E-state index in [1.165, 1.54) is 24.3 Å². The molecular weight excluding hydrogens is 568 g/mol. The standard InChI is InChI=1S/C28H20N4O7S2/c33-20(29-15-6-2-1-3-7-15)14-39-19-9-5-4-8-18(19)21-22-24(40-25-23(21)41-28(36)30-25)27(35)31(26(22)34)16-10-12-17(13-11-16)32(37)38/h1-13,21-22,24H,14H2,(H,29,33)(H,30,36)/t21-,22-,24+/m0/s1. The number of nitro groups is 1. The molecule has 0 saturated carbocycles. The first-order chi connectivity index (χ1) is 19.8. The maximum Gasteiger partial charge on any atom is 0.305 e. The van der Waals surface area contributed by atoms with Crippen LogP contribution in [0.2, 0.25) is 0 Å². The number of anilines is 2. The zero-order valence-corrected chi connectivity index (χ0v) is 22.6. The summed E-state index contributed by atoms with van der Waals surface area (Å²) in [5, 5.41) is 13.5. The number of thioether (sulfide) groups is 1. The molecule has 6 rings (SSSR count). The quantitative estimate of drug-likeness (QED) is 0.186. The minimum atomic E-state index is -0.885. The number of nitrogens with zero attached hydrogens (tertiary/aromatic N) is 2. The van der Waals surface area contributed by atoms with E-state index in [1.807, 2.05) is 6.07 Å². The molecule has 0 radical (unpaired) electrons. The highest BCUT2D eigenvalue weighted by atomic mass is 32.2. The number of ether oxygens (including phenoxy) is 1. The van der Waals surface area contributed by atoms with Crippen molar-refractivity contribution >= 4 is 57.9 Å². The van der Waals surface area contributed by atoms with Crippen molar-refractivity contribution in [1.29, 1.82) is 0 Å². The van der Waals surface area contributed by atoms with Crippen LogP contribution in [0.5, 0.6) is 5.75 Å². The van der Waals surface area contributed by atoms with E-state index in [-0.39, 0.29) is 28.8 Å². The summed E-state index contributed by atoms with van der Waals surface area (Å²) in [5.74, 6) is -2.62. The Kier molecular flexibility index (Phi) is 6.89. The van der Waals surface area contributed by atoms with Gasteiger partial charge in [-0.3, -0.25) is 29.3 Å². The zero-order chi connectivity index (χ0) is 28.7. The third kappa shape index (κ3) is 4.89. The number of rotatable bonds is 7. The van der Waals surface area contributed by atoms with E-state index in [1.54, 1.807) is 48.5 Å². The number of fused-ring (bicyclic) bond motifs is 2. The number of nitrogens with one attached hydrogen (secondary N) is 2. The molecular formula is C28H20N4O7S2. The number of imide groups is 1. The Morgan fingerprint density at radius 3 is 2.41 bits per heavy atom. The summed E-state index contributed by atoms with van der Waals surface area (Å²) < 4.78 is 5.93. The van der Waals surface area contributed by atoms with Gasteiger partial charge in [0.25, 0.3) is 11.6 Å². The molecule has 3 amide bonds. The SMILES string of the molecule is O=C(COc1ccccc1[C@@H]1c2sc(=O)[nH]c2S[C@H]2C(=O)N(c3ccc([N+](=O)[O-])cc3)C(=O)[C@@H]12)Nc1ccccc1. The van der Waals surface area contributed by atoms with Crippen LogP contribution in [0.25, 0.3) is 0 Å². The van der Waals surface area contributed by atoms with Gasteiger partial charge in [0.15, 0.2) is 6.61 Å². The van der Waals surface area contributed by atoms with Gasteiger partial charge in [0.1, 0.15) is 11.0 Å². The molecule has 4 aromatic rings. The number of benzene rings is 3. The topological polar surface area (TPSA) is 152 Å². The van der Waals surface area contributed by atoms with E-state index in [0.29, 0.717) is 26.9 Å². The van der Waals surface area contributed by atoms with Gasteiger partial charge in [-0.2, -0.15) is 0 Å². The summed E-state index contributed by atoms with van der Waals surface area (Å²) >= 11 is 2.08. The number of H-pyrrole nitrogens is 1. The largest absolute Gasteiger partial charge is 0.483 e. The monoisotopic (exact) mass is 588 g/mol. The molecule has 3 aromatic carbocycles. The number of aromatic nitrogens is 1. The first-order valence-corrected chi connectivity index (χ1v) is 14.1. The summed E-state index contributed by atoms with van der Waals surface area (Å²) in [4.78, 5) is 67.2. The van der Waals surface area contributed by atoms with Gasteiger partial charge in [0, 0.05) is 34.2 Å². The maximum atomic E-state index is 13.9. The van der Waals surface area contributed by atoms with E-state index < -0.39 is 33.8 Å². The Hall–Kier alpha value is -4.75. The Balaban J connectivity index is 1.34. The molecule has 2 aliphatic heterocycles. The van der Waals surface area contributed by atoms with Crippen LogP contribution in [-0.4, -0.2) is 39.5 Å². The molecule has 0 aliphatic carbocycles. The zero-order valence-electron chi connectivity index (χ0n) is 21.0. The Labute approximate surface area is 240 Å². The second-order valence-electron chi connectivity index (χ2n) is 9.28. The number of hydrogen-bond donors (Lipinski definition) is 2. The number of para-hydroxylation sites is 2. The van der Waals surface area contributed by atoms with Gasteiger partial charge in [-0.05, 0) is 30.3 Å². The van der Waals surface area contributed by atoms with Crippen molar-refractivity contribution in [2.75, 3.05) is 16.8 Å². The lowest BCUT2D eigenvalue weighted by Gasteiger charge is -2.30. The molecule has 1 aromatic heterocycles. The fourth-order valence-corrected chi connectivity index (χ4v) is 7.57. The molecule has 2 aliphatic rings. The highest BCUT2D eigenvalue weighted by Gasteiger charge is 2.56. The fourth-order valence-electron chi connectivity index (χ4n) is 5.06. The lowest BCUT2D eigenvalue weighted by molar-refractivity contribution is -0.384. The Morgan fingerprint density at radius 1 is 0.976 bits per heavy atom. The molecule has 11 nitrogen and oxygen atoms in total. The molecule has 0 bridgehead atoms. The van der Waals surface area contributed by atoms with Crippen LogP contribution in [-0.2, 0) is 14.4 Å². The van der Waals surface area contributed by atoms with Crippen molar-refractivity contribution < 1.29 is 24.0 Å². The summed E-state index contributed by atoms with van der Waals surface area (Å²) in [6, 6.07) is 21.0. The van der Waals surface area contributed by atoms with Crippen LogP contribution in [0.15, 0.2) is 88.7 Å². The lowest BCUT2D eigenvalue weighted by Crippen LogP contribution is -2.32. The summed E-state index contributed by atoms with van der Waals surface area (Å²) in [6.45, 7) is -0.306. The number of carbonyl (C=O) groups excluding carboxylic acids is 3. The van der Waals surface area contributed by atoms with Crippen molar-refractivity contribution in [3.63, 3.8) is 0 Å². The molecule has 1 saturated heterocycles. The van der Waals surface area contributed by atoms with E-state index in [0.717, 1.165) is 28.0 Å². The fraction of sp³-hybridized carbons (Fsp3) is 0.143. The number of amides is 3. The second kappa shape index (κ2) is 10.7. The summed E-state index contributed by atoms with van der Waals surface area (Å²) in [6.07, 6.45) is 0. The van der Waals surface area contributed by atoms with Crippen LogP contribution in [0.3, 0.4) is 0 Å². The number of nitro benzene ring substituents is 1. The lowest BCUT2D eigenvalue weighted by atomic mass is 9.82. The van der Waals surface area contributed by atoms with Crippen molar-refractivity contribution in [2.24, 2.45) is 5.92 Å². The highest BCUT2D eigenvalue weighted by Crippen LogP contribution is 2.54. The van der Waals surface area contributed by atoms with Crippen LogP contribution >= 0.6 is 23.1 Å². The van der Waals surface area contributed by atoms with Crippen LogP contribution in [0.4, 0.5) is 17.1 Å². The second-order valence-corrected chi connectivity index (χ2v) is 11.4. The third-order valence-electron chi connectivity index (χ3n) is 6.81. The molecule has 2 N–H and O–H groups in total. The first-order valence-electron chi connectivity index (χ1n) is 12.4. The third-order valence-corrected chi connectivity index (χ3v) is 9.21. The summed E-state index contributed by atoms with van der Waals surface area (Å²) in [5.41, 5.74) is 1.22. The van der Waals surface area contributed by atoms with Crippen molar-refractivity contribution in [3.05, 3.63) is 109 Å². The predicted molar refractivity (Wildman–Crippen MR) is 153 cm³/mol. The normalized spacial score (nSPS) is 19.4. The maximum absolute atomic E-state index is 13.9. The minimum absolute atomic E-state index is 0.167. The molecule has 13 heteroatoms. The molecule has 3 heterocycles. The van der Waals surface area contributed by atoms with Gasteiger partial charge in [-0.1, -0.05) is 59.5 Å². The van der Waals surface area contributed by atoms with Crippen molar-refractivity contribution in [1.82, 2.24) is 4.98 Å². The number of hydrogen-bond acceptors (Lipinski definition) is 9. The van der Waals surface area contributed by atoms with Gasteiger partial charge in [-0.15, -0.1) is 0 Å². The van der Waals surface area contributed by atoms with Gasteiger partial charge >= 0.3 is 4.87 Å². The first kappa shape index (κ1) is 26.5. The molecule has 0 unspecified atom stereocenters. The Bertz CT molecular complexity index is 1740. The van der Waals surface area contributed by atoms with Crippen LogP contribution in [0.1, 0.15) is 16.4 Å².